The predicted molar refractivity (Wildman–Crippen MR) is 119 cm³/mol. The third kappa shape index (κ3) is 4.78. The van der Waals surface area contributed by atoms with Gasteiger partial charge in [-0.15, -0.1) is 10.2 Å². The van der Waals surface area contributed by atoms with Crippen molar-refractivity contribution in [2.24, 2.45) is 0 Å². The molecule has 9 heteroatoms. The highest BCUT2D eigenvalue weighted by atomic mass is 16.5. The van der Waals surface area contributed by atoms with E-state index >= 15 is 0 Å². The van der Waals surface area contributed by atoms with E-state index in [1.165, 1.54) is 11.9 Å². The number of hydrogen-bond donors (Lipinski definition) is 2. The number of anilines is 2. The van der Waals surface area contributed by atoms with E-state index < -0.39 is 0 Å². The van der Waals surface area contributed by atoms with Crippen LogP contribution < -0.4 is 15.4 Å². The number of amides is 2. The average Bonchev–Trinajstić information content (AvgIpc) is 3.28. The SMILES string of the molecule is COc1ccccc1NC(=O)Cn1nnc(-c2ccccc2NC(=O)c2ccccc2)n1. The molecule has 1 heterocycles. The van der Waals surface area contributed by atoms with E-state index in [0.29, 0.717) is 34.1 Å². The molecule has 0 saturated carbocycles. The van der Waals surface area contributed by atoms with Gasteiger partial charge < -0.3 is 15.4 Å². The Morgan fingerprint density at radius 1 is 0.875 bits per heavy atom. The van der Waals surface area contributed by atoms with Crippen LogP contribution >= 0.6 is 0 Å². The van der Waals surface area contributed by atoms with Crippen molar-refractivity contribution in [2.75, 3.05) is 17.7 Å². The highest BCUT2D eigenvalue weighted by molar-refractivity contribution is 6.06. The maximum atomic E-state index is 12.5. The minimum Gasteiger partial charge on any atom is -0.495 e. The molecular formula is C23H20N6O3. The molecule has 3 aromatic carbocycles. The maximum Gasteiger partial charge on any atom is 0.255 e. The van der Waals surface area contributed by atoms with Crippen molar-refractivity contribution in [3.05, 3.63) is 84.4 Å². The number of methoxy groups -OCH3 is 1. The second-order valence-corrected chi connectivity index (χ2v) is 6.76. The normalized spacial score (nSPS) is 10.4. The Bertz CT molecular complexity index is 1240. The minimum atomic E-state index is -0.330. The molecular weight excluding hydrogens is 408 g/mol. The molecule has 0 saturated heterocycles. The number of carbonyl (C=O) groups is 2. The van der Waals surface area contributed by atoms with Crippen LogP contribution in [-0.2, 0) is 11.3 Å². The van der Waals surface area contributed by atoms with Crippen LogP contribution in [0.25, 0.3) is 11.4 Å². The van der Waals surface area contributed by atoms with E-state index in [9.17, 15) is 9.59 Å². The number of ether oxygens (including phenoxy) is 1. The second kappa shape index (κ2) is 9.52. The molecule has 0 fully saturated rings. The molecule has 1 aromatic heterocycles. The van der Waals surface area contributed by atoms with Crippen LogP contribution in [0.5, 0.6) is 5.75 Å². The molecule has 0 aliphatic rings. The number of benzene rings is 3. The Labute approximate surface area is 184 Å². The first kappa shape index (κ1) is 20.7. The van der Waals surface area contributed by atoms with Gasteiger partial charge in [0.15, 0.2) is 0 Å². The Morgan fingerprint density at radius 2 is 1.56 bits per heavy atom. The standard InChI is InChI=1S/C23H20N6O3/c1-32-20-14-8-7-13-19(20)24-21(30)15-29-27-22(26-28-29)17-11-5-6-12-18(17)25-23(31)16-9-3-2-4-10-16/h2-14H,15H2,1H3,(H,24,30)(H,25,31). The summed E-state index contributed by atoms with van der Waals surface area (Å²) in [7, 11) is 1.53. The molecule has 9 nitrogen and oxygen atoms in total. The maximum absolute atomic E-state index is 12.5. The van der Waals surface area contributed by atoms with E-state index in [0.717, 1.165) is 0 Å². The van der Waals surface area contributed by atoms with E-state index in [4.69, 9.17) is 4.74 Å². The van der Waals surface area contributed by atoms with Crippen molar-refractivity contribution in [1.29, 1.82) is 0 Å². The van der Waals surface area contributed by atoms with Gasteiger partial charge in [-0.2, -0.15) is 4.80 Å². The van der Waals surface area contributed by atoms with E-state index in [1.54, 1.807) is 60.7 Å². The highest BCUT2D eigenvalue weighted by Crippen LogP contribution is 2.25. The zero-order valence-electron chi connectivity index (χ0n) is 17.2. The fraction of sp³-hybridized carbons (Fsp3) is 0.0870. The largest absolute Gasteiger partial charge is 0.495 e. The lowest BCUT2D eigenvalue weighted by atomic mass is 10.1. The molecule has 0 aliphatic carbocycles. The van der Waals surface area contributed by atoms with Crippen molar-refractivity contribution >= 4 is 23.2 Å². The van der Waals surface area contributed by atoms with Crippen molar-refractivity contribution in [3.63, 3.8) is 0 Å². The fourth-order valence-electron chi connectivity index (χ4n) is 3.06. The van der Waals surface area contributed by atoms with Crippen LogP contribution in [0, 0.1) is 0 Å². The summed E-state index contributed by atoms with van der Waals surface area (Å²) in [5, 5.41) is 17.9. The molecule has 4 aromatic rings. The first-order valence-electron chi connectivity index (χ1n) is 9.80. The Morgan fingerprint density at radius 3 is 2.34 bits per heavy atom. The molecule has 0 spiro atoms. The number of para-hydroxylation sites is 3. The second-order valence-electron chi connectivity index (χ2n) is 6.76. The van der Waals surface area contributed by atoms with Crippen molar-refractivity contribution in [1.82, 2.24) is 20.2 Å². The van der Waals surface area contributed by atoms with Gasteiger partial charge in [-0.3, -0.25) is 9.59 Å². The van der Waals surface area contributed by atoms with Crippen LogP contribution in [0.1, 0.15) is 10.4 Å². The van der Waals surface area contributed by atoms with Crippen LogP contribution in [0.2, 0.25) is 0 Å². The predicted octanol–water partition coefficient (Wildman–Crippen LogP) is 3.24. The summed E-state index contributed by atoms with van der Waals surface area (Å²) in [6.07, 6.45) is 0. The van der Waals surface area contributed by atoms with Crippen LogP contribution in [-0.4, -0.2) is 39.1 Å². The monoisotopic (exact) mass is 428 g/mol. The number of carbonyl (C=O) groups excluding carboxylic acids is 2. The molecule has 160 valence electrons. The van der Waals surface area contributed by atoms with Gasteiger partial charge in [0.1, 0.15) is 12.3 Å². The lowest BCUT2D eigenvalue weighted by Gasteiger charge is -2.09. The van der Waals surface area contributed by atoms with Crippen molar-refractivity contribution in [2.45, 2.75) is 6.54 Å². The Kier molecular flexibility index (Phi) is 6.17. The van der Waals surface area contributed by atoms with Crippen LogP contribution in [0.15, 0.2) is 78.9 Å². The quantitative estimate of drug-likeness (QED) is 0.468. The van der Waals surface area contributed by atoms with Gasteiger partial charge >= 0.3 is 0 Å². The molecule has 4 rings (SSSR count). The fourth-order valence-corrected chi connectivity index (χ4v) is 3.06. The molecule has 0 unspecified atom stereocenters. The summed E-state index contributed by atoms with van der Waals surface area (Å²) in [5.74, 6) is 0.265. The summed E-state index contributed by atoms with van der Waals surface area (Å²) in [6.45, 7) is -0.135. The van der Waals surface area contributed by atoms with Crippen molar-refractivity contribution < 1.29 is 14.3 Å². The van der Waals surface area contributed by atoms with Crippen molar-refractivity contribution in [3.8, 4) is 17.1 Å². The van der Waals surface area contributed by atoms with Crippen LogP contribution in [0.4, 0.5) is 11.4 Å². The zero-order valence-corrected chi connectivity index (χ0v) is 17.2. The summed E-state index contributed by atoms with van der Waals surface area (Å²) in [5.41, 5.74) is 2.22. The lowest BCUT2D eigenvalue weighted by Crippen LogP contribution is -2.20. The first-order chi connectivity index (χ1) is 15.6. The van der Waals surface area contributed by atoms with Gasteiger partial charge in [-0.1, -0.05) is 42.5 Å². The van der Waals surface area contributed by atoms with Gasteiger partial charge in [0.2, 0.25) is 11.7 Å². The molecule has 2 N–H and O–H groups in total. The summed E-state index contributed by atoms with van der Waals surface area (Å²) >= 11 is 0. The van der Waals surface area contributed by atoms with Gasteiger partial charge in [0, 0.05) is 11.1 Å². The molecule has 0 radical (unpaired) electrons. The molecule has 32 heavy (non-hydrogen) atoms. The number of aromatic nitrogens is 4. The van der Waals surface area contributed by atoms with E-state index in [2.05, 4.69) is 26.0 Å². The number of nitrogens with one attached hydrogen (secondary N) is 2. The number of tetrazole rings is 1. The van der Waals surface area contributed by atoms with Crippen LogP contribution in [0.3, 0.4) is 0 Å². The average molecular weight is 428 g/mol. The highest BCUT2D eigenvalue weighted by Gasteiger charge is 2.15. The first-order valence-corrected chi connectivity index (χ1v) is 9.80. The third-order valence-electron chi connectivity index (χ3n) is 4.57. The molecule has 0 aliphatic heterocycles. The van der Waals surface area contributed by atoms with Gasteiger partial charge in [-0.25, -0.2) is 0 Å². The summed E-state index contributed by atoms with van der Waals surface area (Å²) < 4.78 is 5.24. The Balaban J connectivity index is 1.48. The molecule has 0 atom stereocenters. The number of rotatable bonds is 7. The summed E-state index contributed by atoms with van der Waals surface area (Å²) in [4.78, 5) is 26.1. The van der Waals surface area contributed by atoms with E-state index in [-0.39, 0.29) is 18.4 Å². The lowest BCUT2D eigenvalue weighted by molar-refractivity contribution is -0.117. The number of nitrogens with zero attached hydrogens (tertiary/aromatic N) is 4. The molecule has 0 bridgehead atoms. The number of hydrogen-bond acceptors (Lipinski definition) is 6. The minimum absolute atomic E-state index is 0.135. The molecule has 2 amide bonds. The zero-order chi connectivity index (χ0) is 22.3. The topological polar surface area (TPSA) is 111 Å². The van der Waals surface area contributed by atoms with E-state index in [1.807, 2.05) is 18.2 Å². The third-order valence-corrected chi connectivity index (χ3v) is 4.57. The van der Waals surface area contributed by atoms with Gasteiger partial charge in [0.05, 0.1) is 18.5 Å². The Hall–Kier alpha value is -4.53. The smallest absolute Gasteiger partial charge is 0.255 e. The summed E-state index contributed by atoms with van der Waals surface area (Å²) in [6, 6.07) is 23.1. The van der Waals surface area contributed by atoms with Gasteiger partial charge in [0.25, 0.3) is 5.91 Å². The van der Waals surface area contributed by atoms with Gasteiger partial charge in [-0.05, 0) is 41.6 Å².